The summed E-state index contributed by atoms with van der Waals surface area (Å²) in [6.45, 7) is 3.98. The Morgan fingerprint density at radius 3 is 1.90 bits per heavy atom. The number of anilines is 1. The van der Waals surface area contributed by atoms with Crippen molar-refractivity contribution in [3.05, 3.63) is 94.8 Å². The van der Waals surface area contributed by atoms with Crippen LogP contribution in [0.25, 0.3) is 44.6 Å². The number of nitro groups is 1. The maximum Gasteiger partial charge on any atom is 0.293 e. The summed E-state index contributed by atoms with van der Waals surface area (Å²) in [6, 6.07) is 12.5. The summed E-state index contributed by atoms with van der Waals surface area (Å²) in [7, 11) is 0. The topological polar surface area (TPSA) is 138 Å². The van der Waals surface area contributed by atoms with Crippen LogP contribution in [0.15, 0.2) is 73.6 Å². The average Bonchev–Trinajstić information content (AvgIpc) is 3.74. The van der Waals surface area contributed by atoms with Crippen molar-refractivity contribution >= 4 is 33.2 Å². The Hall–Kier alpha value is -5.12. The van der Waals surface area contributed by atoms with E-state index in [2.05, 4.69) is 60.3 Å². The molecular weight excluding hydrogens is 516 g/mol. The maximum absolute atomic E-state index is 11.1. The van der Waals surface area contributed by atoms with Crippen molar-refractivity contribution in [2.45, 2.75) is 45.6 Å². The molecule has 4 heterocycles. The van der Waals surface area contributed by atoms with Crippen molar-refractivity contribution in [2.24, 2.45) is 0 Å². The predicted molar refractivity (Wildman–Crippen MR) is 161 cm³/mol. The van der Waals surface area contributed by atoms with Crippen LogP contribution in [0.1, 0.15) is 36.8 Å². The van der Waals surface area contributed by atoms with E-state index in [1.807, 2.05) is 19.1 Å². The third-order valence-electron chi connectivity index (χ3n) is 7.31. The molecule has 4 aromatic heterocycles. The van der Waals surface area contributed by atoms with Gasteiger partial charge in [-0.3, -0.25) is 30.1 Å². The number of non-ortho nitro benzene ring substituents is 1. The smallest absolute Gasteiger partial charge is 0.293 e. The molecule has 1 aliphatic carbocycles. The van der Waals surface area contributed by atoms with E-state index in [-0.39, 0.29) is 10.6 Å². The average molecular weight is 547 g/mol. The fourth-order valence-corrected chi connectivity index (χ4v) is 5.47. The fourth-order valence-electron chi connectivity index (χ4n) is 5.47. The lowest BCUT2D eigenvalue weighted by molar-refractivity contribution is -0.383. The van der Waals surface area contributed by atoms with Gasteiger partial charge in [-0.1, -0.05) is 12.8 Å². The van der Waals surface area contributed by atoms with Crippen molar-refractivity contribution in [3.8, 4) is 22.8 Å². The Labute approximate surface area is 236 Å². The molecule has 0 atom stereocenters. The zero-order chi connectivity index (χ0) is 28.3. The Bertz CT molecular complexity index is 1820. The molecule has 6 aromatic rings. The predicted octanol–water partition coefficient (Wildman–Crippen LogP) is 7.13. The number of nitrogens with zero attached hydrogens (tertiary/aromatic N) is 5. The van der Waals surface area contributed by atoms with E-state index in [9.17, 15) is 10.1 Å². The first-order valence-electron chi connectivity index (χ1n) is 13.6. The first-order chi connectivity index (χ1) is 19.9. The van der Waals surface area contributed by atoms with E-state index in [0.29, 0.717) is 17.3 Å². The summed E-state index contributed by atoms with van der Waals surface area (Å²) < 4.78 is 0. The fraction of sp³-hybridized carbons (Fsp3) is 0.226. The number of aromatic nitrogens is 6. The van der Waals surface area contributed by atoms with Gasteiger partial charge in [0.2, 0.25) is 0 Å². The molecule has 1 saturated carbocycles. The van der Waals surface area contributed by atoms with Crippen LogP contribution in [0.2, 0.25) is 0 Å². The molecule has 7 rings (SSSR count). The summed E-state index contributed by atoms with van der Waals surface area (Å²) >= 11 is 0. The maximum atomic E-state index is 11.1. The second-order valence-corrected chi connectivity index (χ2v) is 10.5. The van der Waals surface area contributed by atoms with Crippen LogP contribution in [0, 0.1) is 24.0 Å². The molecule has 0 spiro atoms. The van der Waals surface area contributed by atoms with Gasteiger partial charge in [-0.05, 0) is 68.1 Å². The molecule has 10 nitrogen and oxygen atoms in total. The summed E-state index contributed by atoms with van der Waals surface area (Å²) in [4.78, 5) is 34.0. The second kappa shape index (κ2) is 11.2. The number of H-pyrrole nitrogens is 2. The molecule has 0 bridgehead atoms. The van der Waals surface area contributed by atoms with E-state index in [0.717, 1.165) is 33.5 Å². The molecule has 2 aromatic carbocycles. The Balaban J connectivity index is 0.000000149. The van der Waals surface area contributed by atoms with Gasteiger partial charge in [0.25, 0.3) is 5.69 Å². The van der Waals surface area contributed by atoms with E-state index in [1.165, 1.54) is 42.3 Å². The number of nitro benzene ring substituents is 1. The van der Waals surface area contributed by atoms with Crippen LogP contribution >= 0.6 is 0 Å². The standard InChI is InChI=1S/C18H20N4.C13H10N4O2/c1-12-8-13-10-15(17-11-19-6-7-20-17)22-18(13)16(9-12)21-14-4-2-3-5-14;1-8-4-9-6-10(11-7-14-2-3-15-11)16-13(9)12(5-8)17(18)19/h6-11,14,21-22H,2-5H2,1H3;2-7,16H,1H3. The number of rotatable bonds is 5. The third kappa shape index (κ3) is 5.62. The molecule has 0 aliphatic heterocycles. The van der Waals surface area contributed by atoms with Crippen LogP contribution < -0.4 is 5.32 Å². The molecule has 1 fully saturated rings. The number of benzene rings is 2. The first kappa shape index (κ1) is 26.1. The van der Waals surface area contributed by atoms with E-state index < -0.39 is 0 Å². The molecule has 0 radical (unpaired) electrons. The van der Waals surface area contributed by atoms with Crippen LogP contribution in [0.4, 0.5) is 11.4 Å². The van der Waals surface area contributed by atoms with Gasteiger partial charge in [0.1, 0.15) is 16.9 Å². The minimum atomic E-state index is -0.383. The van der Waals surface area contributed by atoms with E-state index in [4.69, 9.17) is 0 Å². The van der Waals surface area contributed by atoms with Gasteiger partial charge in [0, 0.05) is 47.7 Å². The van der Waals surface area contributed by atoms with Gasteiger partial charge in [-0.25, -0.2) is 0 Å². The van der Waals surface area contributed by atoms with Crippen LogP contribution in [-0.4, -0.2) is 40.9 Å². The number of nitrogens with one attached hydrogen (secondary N) is 3. The van der Waals surface area contributed by atoms with Crippen molar-refractivity contribution in [2.75, 3.05) is 5.32 Å². The highest BCUT2D eigenvalue weighted by atomic mass is 16.6. The molecule has 10 heteroatoms. The highest BCUT2D eigenvalue weighted by Crippen LogP contribution is 2.32. The molecule has 41 heavy (non-hydrogen) atoms. The third-order valence-corrected chi connectivity index (χ3v) is 7.31. The summed E-state index contributed by atoms with van der Waals surface area (Å²) in [5.41, 5.74) is 8.35. The van der Waals surface area contributed by atoms with Crippen molar-refractivity contribution < 1.29 is 4.92 Å². The summed E-state index contributed by atoms with van der Waals surface area (Å²) in [6.07, 6.45) is 15.2. The Morgan fingerprint density at radius 2 is 1.34 bits per heavy atom. The highest BCUT2D eigenvalue weighted by molar-refractivity contribution is 5.95. The number of hydrogen-bond donors (Lipinski definition) is 3. The molecule has 3 N–H and O–H groups in total. The number of aryl methyl sites for hydroxylation is 2. The zero-order valence-electron chi connectivity index (χ0n) is 22.9. The van der Waals surface area contributed by atoms with E-state index >= 15 is 0 Å². The van der Waals surface area contributed by atoms with Gasteiger partial charge in [0.05, 0.1) is 39.9 Å². The second-order valence-electron chi connectivity index (χ2n) is 10.5. The minimum Gasteiger partial charge on any atom is -0.381 e. The lowest BCUT2D eigenvalue weighted by Gasteiger charge is -2.15. The Kier molecular flexibility index (Phi) is 7.11. The van der Waals surface area contributed by atoms with Gasteiger partial charge < -0.3 is 15.3 Å². The lowest BCUT2D eigenvalue weighted by Crippen LogP contribution is -2.14. The SMILES string of the molecule is Cc1cc(NC2CCCC2)c2[nH]c(-c3cnccn3)cc2c1.Cc1cc([N+](=O)[O-])c2[nH]c(-c3cnccn3)cc2c1. The quantitative estimate of drug-likeness (QED) is 0.154. The van der Waals surface area contributed by atoms with Gasteiger partial charge >= 0.3 is 0 Å². The Morgan fingerprint density at radius 1 is 0.780 bits per heavy atom. The van der Waals surface area contributed by atoms with Crippen molar-refractivity contribution in [3.63, 3.8) is 0 Å². The number of aromatic amines is 2. The monoisotopic (exact) mass is 546 g/mol. The molecule has 0 unspecified atom stereocenters. The highest BCUT2D eigenvalue weighted by Gasteiger charge is 2.18. The van der Waals surface area contributed by atoms with E-state index in [1.54, 1.807) is 43.2 Å². The zero-order valence-corrected chi connectivity index (χ0v) is 22.9. The summed E-state index contributed by atoms with van der Waals surface area (Å²) in [5.74, 6) is 0. The van der Waals surface area contributed by atoms with Gasteiger partial charge in [0.15, 0.2) is 0 Å². The molecular formula is C31H30N8O2. The minimum absolute atomic E-state index is 0.0742. The summed E-state index contributed by atoms with van der Waals surface area (Å²) in [5, 5.41) is 16.8. The molecule has 0 amide bonds. The van der Waals surface area contributed by atoms with Gasteiger partial charge in [-0.15, -0.1) is 0 Å². The van der Waals surface area contributed by atoms with Gasteiger partial charge in [-0.2, -0.15) is 0 Å². The molecule has 206 valence electrons. The normalized spacial score (nSPS) is 13.3. The first-order valence-corrected chi connectivity index (χ1v) is 13.6. The number of hydrogen-bond acceptors (Lipinski definition) is 7. The van der Waals surface area contributed by atoms with Crippen LogP contribution in [0.5, 0.6) is 0 Å². The van der Waals surface area contributed by atoms with Crippen LogP contribution in [0.3, 0.4) is 0 Å². The molecule has 0 saturated heterocycles. The van der Waals surface area contributed by atoms with Crippen molar-refractivity contribution in [1.82, 2.24) is 29.9 Å². The van der Waals surface area contributed by atoms with Crippen LogP contribution in [-0.2, 0) is 0 Å². The van der Waals surface area contributed by atoms with Crippen molar-refractivity contribution in [1.29, 1.82) is 0 Å². The largest absolute Gasteiger partial charge is 0.381 e. The molecule has 1 aliphatic rings. The number of fused-ring (bicyclic) bond motifs is 2. The lowest BCUT2D eigenvalue weighted by atomic mass is 10.1.